The van der Waals surface area contributed by atoms with Crippen LogP contribution in [0.2, 0.25) is 0 Å². The molecule has 34 heavy (non-hydrogen) atoms. The van der Waals surface area contributed by atoms with Gasteiger partial charge in [0.05, 0.1) is 26.3 Å². The van der Waals surface area contributed by atoms with Crippen molar-refractivity contribution in [1.82, 2.24) is 0 Å². The summed E-state index contributed by atoms with van der Waals surface area (Å²) < 4.78 is 12.9. The molecule has 0 spiro atoms. The third kappa shape index (κ3) is 7.56. The van der Waals surface area contributed by atoms with E-state index >= 15 is 0 Å². The molecule has 3 rings (SSSR count). The van der Waals surface area contributed by atoms with Crippen molar-refractivity contribution in [2.45, 2.75) is 77.9 Å². The number of quaternary nitrogens is 1. The Morgan fingerprint density at radius 1 is 0.882 bits per heavy atom. The zero-order valence-corrected chi connectivity index (χ0v) is 22.3. The number of nitrogens with zero attached hydrogens (tertiary/aromatic N) is 1. The highest BCUT2D eigenvalue weighted by atomic mass is 16.5. The molecule has 0 radical (unpaired) electrons. The van der Waals surface area contributed by atoms with Crippen LogP contribution in [0.3, 0.4) is 0 Å². The lowest BCUT2D eigenvalue weighted by atomic mass is 9.80. The van der Waals surface area contributed by atoms with E-state index < -0.39 is 6.10 Å². The second-order valence-electron chi connectivity index (χ2n) is 12.1. The van der Waals surface area contributed by atoms with Crippen LogP contribution in [0.4, 0.5) is 0 Å². The lowest BCUT2D eigenvalue weighted by Gasteiger charge is -2.36. The summed E-state index contributed by atoms with van der Waals surface area (Å²) in [5.74, 6) is 0.925. The summed E-state index contributed by atoms with van der Waals surface area (Å²) >= 11 is 0. The first kappa shape index (κ1) is 26.7. The van der Waals surface area contributed by atoms with E-state index in [0.717, 1.165) is 36.4 Å². The van der Waals surface area contributed by atoms with Crippen molar-refractivity contribution < 1.29 is 19.1 Å². The highest BCUT2D eigenvalue weighted by Gasteiger charge is 2.34. The Labute approximate surface area is 207 Å². The molecule has 0 unspecified atom stereocenters. The lowest BCUT2D eigenvalue weighted by Crippen LogP contribution is -2.50. The van der Waals surface area contributed by atoms with E-state index in [9.17, 15) is 5.11 Å². The minimum Gasteiger partial charge on any atom is -0.491 e. The summed E-state index contributed by atoms with van der Waals surface area (Å²) in [4.78, 5) is 0. The molecule has 0 saturated carbocycles. The number of rotatable bonds is 10. The van der Waals surface area contributed by atoms with Crippen molar-refractivity contribution >= 4 is 0 Å². The van der Waals surface area contributed by atoms with Crippen molar-refractivity contribution in [1.29, 1.82) is 0 Å². The molecule has 2 aromatic carbocycles. The zero-order chi connectivity index (χ0) is 24.8. The Balaban J connectivity index is 1.49. The molecule has 1 aliphatic heterocycles. The molecule has 0 amide bonds. The zero-order valence-electron chi connectivity index (χ0n) is 22.3. The molecule has 1 aliphatic rings. The number of aliphatic hydroxyl groups is 1. The van der Waals surface area contributed by atoms with E-state index in [1.807, 2.05) is 0 Å². The van der Waals surface area contributed by atoms with Crippen LogP contribution in [0.25, 0.3) is 0 Å². The topological polar surface area (TPSA) is 38.7 Å². The standard InChI is InChI=1S/C30H46NO3/c1-29(2,3)25-14-15-28(27(20-25)30(4,5)6)34-19-18-33-23-26(32)22-31(16-10-11-17-31)21-24-12-8-7-9-13-24/h7-9,12-15,20,26,32H,10-11,16-19,21-23H2,1-6H3/q+1/t26-/m1/s1. The van der Waals surface area contributed by atoms with Crippen LogP contribution in [0, 0.1) is 0 Å². The van der Waals surface area contributed by atoms with E-state index in [2.05, 4.69) is 90.1 Å². The van der Waals surface area contributed by atoms with Crippen LogP contribution in [0.1, 0.15) is 71.1 Å². The second kappa shape index (κ2) is 11.2. The van der Waals surface area contributed by atoms with Crippen LogP contribution in [0.5, 0.6) is 5.75 Å². The van der Waals surface area contributed by atoms with E-state index in [1.165, 1.54) is 29.5 Å². The van der Waals surface area contributed by atoms with Gasteiger partial charge >= 0.3 is 0 Å². The fraction of sp³-hybridized carbons (Fsp3) is 0.600. The van der Waals surface area contributed by atoms with Gasteiger partial charge in [0.1, 0.15) is 31.5 Å². The molecule has 2 aromatic rings. The molecule has 1 saturated heterocycles. The SMILES string of the molecule is CC(C)(C)c1ccc(OCCOC[C@H](O)C[N+]2(Cc3ccccc3)CCCC2)c(C(C)(C)C)c1. The van der Waals surface area contributed by atoms with E-state index in [1.54, 1.807) is 0 Å². The van der Waals surface area contributed by atoms with Gasteiger partial charge in [-0.25, -0.2) is 0 Å². The third-order valence-corrected chi connectivity index (χ3v) is 6.92. The number of ether oxygens (including phenoxy) is 2. The minimum absolute atomic E-state index is 0.0000838. The van der Waals surface area contributed by atoms with Crippen LogP contribution < -0.4 is 4.74 Å². The van der Waals surface area contributed by atoms with Gasteiger partial charge < -0.3 is 19.1 Å². The van der Waals surface area contributed by atoms with Gasteiger partial charge in [0.15, 0.2) is 0 Å². The maximum Gasteiger partial charge on any atom is 0.126 e. The van der Waals surface area contributed by atoms with Gasteiger partial charge in [-0.3, -0.25) is 0 Å². The Morgan fingerprint density at radius 3 is 2.18 bits per heavy atom. The summed E-state index contributed by atoms with van der Waals surface area (Å²) in [6, 6.07) is 17.2. The highest BCUT2D eigenvalue weighted by Crippen LogP contribution is 2.35. The molecule has 0 bridgehead atoms. The molecule has 0 aliphatic carbocycles. The summed E-state index contributed by atoms with van der Waals surface area (Å²) in [5, 5.41) is 10.7. The van der Waals surface area contributed by atoms with Crippen LogP contribution in [-0.4, -0.2) is 55.1 Å². The molecular formula is C30H46NO3+. The Morgan fingerprint density at radius 2 is 1.56 bits per heavy atom. The van der Waals surface area contributed by atoms with Crippen molar-refractivity contribution in [2.24, 2.45) is 0 Å². The number of likely N-dealkylation sites (tertiary alicyclic amines) is 1. The monoisotopic (exact) mass is 468 g/mol. The quantitative estimate of drug-likeness (QED) is 0.351. The smallest absolute Gasteiger partial charge is 0.126 e. The van der Waals surface area contributed by atoms with Gasteiger partial charge in [0, 0.05) is 18.4 Å². The average molecular weight is 469 g/mol. The summed E-state index contributed by atoms with van der Waals surface area (Å²) in [7, 11) is 0. The maximum absolute atomic E-state index is 10.7. The Bertz CT molecular complexity index is 890. The number of benzene rings is 2. The Hall–Kier alpha value is -1.88. The second-order valence-corrected chi connectivity index (χ2v) is 12.1. The van der Waals surface area contributed by atoms with E-state index in [4.69, 9.17) is 9.47 Å². The molecule has 1 fully saturated rings. The fourth-order valence-electron chi connectivity index (χ4n) is 5.02. The van der Waals surface area contributed by atoms with Gasteiger partial charge in [-0.15, -0.1) is 0 Å². The normalized spacial score (nSPS) is 17.0. The highest BCUT2D eigenvalue weighted by molar-refractivity contribution is 5.43. The van der Waals surface area contributed by atoms with Gasteiger partial charge in [-0.05, 0) is 28.0 Å². The van der Waals surface area contributed by atoms with Crippen LogP contribution in [0.15, 0.2) is 48.5 Å². The van der Waals surface area contributed by atoms with Crippen molar-refractivity contribution in [3.05, 3.63) is 65.2 Å². The molecule has 0 aromatic heterocycles. The predicted octanol–water partition coefficient (Wildman–Crippen LogP) is 5.85. The van der Waals surface area contributed by atoms with Gasteiger partial charge in [0.25, 0.3) is 0 Å². The molecule has 4 nitrogen and oxygen atoms in total. The first-order chi connectivity index (χ1) is 16.0. The molecular weight excluding hydrogens is 422 g/mol. The van der Waals surface area contributed by atoms with Crippen molar-refractivity contribution in [3.8, 4) is 5.75 Å². The maximum atomic E-state index is 10.7. The summed E-state index contributed by atoms with van der Waals surface area (Å²) in [6.07, 6.45) is 2.01. The van der Waals surface area contributed by atoms with Crippen LogP contribution >= 0.6 is 0 Å². The molecule has 1 heterocycles. The summed E-state index contributed by atoms with van der Waals surface area (Å²) in [5.41, 5.74) is 3.99. The predicted molar refractivity (Wildman–Crippen MR) is 140 cm³/mol. The van der Waals surface area contributed by atoms with Crippen molar-refractivity contribution in [2.75, 3.05) is 39.5 Å². The van der Waals surface area contributed by atoms with Crippen molar-refractivity contribution in [3.63, 3.8) is 0 Å². The van der Waals surface area contributed by atoms with Gasteiger partial charge in [-0.2, -0.15) is 0 Å². The lowest BCUT2D eigenvalue weighted by molar-refractivity contribution is -0.932. The minimum atomic E-state index is -0.460. The number of hydrogen-bond acceptors (Lipinski definition) is 3. The van der Waals surface area contributed by atoms with Gasteiger partial charge in [-0.1, -0.05) is 84.0 Å². The van der Waals surface area contributed by atoms with E-state index in [0.29, 0.717) is 19.8 Å². The van der Waals surface area contributed by atoms with E-state index in [-0.39, 0.29) is 10.8 Å². The first-order valence-electron chi connectivity index (χ1n) is 12.9. The first-order valence-corrected chi connectivity index (χ1v) is 12.9. The van der Waals surface area contributed by atoms with Crippen LogP contribution in [-0.2, 0) is 22.1 Å². The molecule has 188 valence electrons. The molecule has 1 N–H and O–H groups in total. The molecule has 4 heteroatoms. The largest absolute Gasteiger partial charge is 0.491 e. The third-order valence-electron chi connectivity index (χ3n) is 6.92. The number of aliphatic hydroxyl groups excluding tert-OH is 1. The number of hydrogen-bond donors (Lipinski definition) is 1. The summed E-state index contributed by atoms with van der Waals surface area (Å²) in [6.45, 7) is 18.7. The van der Waals surface area contributed by atoms with Gasteiger partial charge in [0.2, 0.25) is 0 Å². The Kier molecular flexibility index (Phi) is 8.83. The fourth-order valence-corrected chi connectivity index (χ4v) is 5.02. The molecule has 1 atom stereocenters. The average Bonchev–Trinajstić information content (AvgIpc) is 3.20.